The number of rotatable bonds is 4. The van der Waals surface area contributed by atoms with Gasteiger partial charge < -0.3 is 5.32 Å². The van der Waals surface area contributed by atoms with E-state index in [0.717, 1.165) is 26.1 Å². The topological polar surface area (TPSA) is 92.6 Å². The van der Waals surface area contributed by atoms with Gasteiger partial charge >= 0.3 is 0 Å². The number of hydrogen-bond acceptors (Lipinski definition) is 5. The van der Waals surface area contributed by atoms with Crippen molar-refractivity contribution in [1.82, 2.24) is 0 Å². The minimum atomic E-state index is -0.588. The first-order valence-electron chi connectivity index (χ1n) is 10.9. The fraction of sp³-hybridized carbons (Fsp3) is 0.111. The molecule has 1 aliphatic heterocycles. The predicted octanol–water partition coefficient (Wildman–Crippen LogP) is 6.98. The molecule has 0 unspecified atom stereocenters. The fourth-order valence-corrected chi connectivity index (χ4v) is 5.03. The standard InChI is InChI=1S/C27H20BrN3O4/c1-14-7-4-5-10-22(14)30-26(32)18-9-6-8-17-24(18)19(27(30)33)13-23(31(34)35)25(17)29-21-12-16(3)15(2)11-20(21)28/h4-13,29H,1-3H3. The van der Waals surface area contributed by atoms with Gasteiger partial charge in [-0.05, 0) is 77.7 Å². The van der Waals surface area contributed by atoms with Crippen LogP contribution in [0.15, 0.2) is 65.1 Å². The molecule has 0 fully saturated rings. The van der Waals surface area contributed by atoms with Crippen molar-refractivity contribution in [2.75, 3.05) is 10.2 Å². The second kappa shape index (κ2) is 8.32. The van der Waals surface area contributed by atoms with Gasteiger partial charge in [-0.3, -0.25) is 19.7 Å². The summed E-state index contributed by atoms with van der Waals surface area (Å²) in [4.78, 5) is 39.9. The molecule has 1 heterocycles. The Balaban J connectivity index is 1.77. The number of amides is 2. The summed E-state index contributed by atoms with van der Waals surface area (Å²) in [6, 6.07) is 17.2. The molecule has 4 aromatic carbocycles. The number of imide groups is 1. The van der Waals surface area contributed by atoms with E-state index >= 15 is 0 Å². The van der Waals surface area contributed by atoms with E-state index in [-0.39, 0.29) is 16.9 Å². The van der Waals surface area contributed by atoms with Crippen molar-refractivity contribution in [3.8, 4) is 0 Å². The largest absolute Gasteiger partial charge is 0.348 e. The van der Waals surface area contributed by atoms with Crippen LogP contribution < -0.4 is 10.2 Å². The zero-order valence-electron chi connectivity index (χ0n) is 19.2. The first-order valence-corrected chi connectivity index (χ1v) is 11.7. The van der Waals surface area contributed by atoms with Crippen LogP contribution in [0, 0.1) is 30.9 Å². The lowest BCUT2D eigenvalue weighted by Crippen LogP contribution is -2.41. The molecule has 0 bridgehead atoms. The quantitative estimate of drug-likeness (QED) is 0.175. The molecule has 0 radical (unpaired) electrons. The number of aryl methyl sites for hydroxylation is 3. The highest BCUT2D eigenvalue weighted by atomic mass is 79.9. The molecular formula is C27H20BrN3O4. The third-order valence-corrected chi connectivity index (χ3v) is 7.06. The Morgan fingerprint density at radius 3 is 2.26 bits per heavy atom. The Morgan fingerprint density at radius 1 is 0.857 bits per heavy atom. The Bertz CT molecular complexity index is 1600. The highest BCUT2D eigenvalue weighted by Crippen LogP contribution is 2.43. The van der Waals surface area contributed by atoms with Crippen molar-refractivity contribution in [3.05, 3.63) is 103 Å². The summed E-state index contributed by atoms with van der Waals surface area (Å²) in [5.74, 6) is -1.05. The van der Waals surface area contributed by atoms with Gasteiger partial charge in [-0.15, -0.1) is 0 Å². The van der Waals surface area contributed by atoms with Crippen LogP contribution in [0.4, 0.5) is 22.7 Å². The maximum absolute atomic E-state index is 13.6. The number of para-hydroxylation sites is 1. The van der Waals surface area contributed by atoms with Crippen LogP contribution in [0.3, 0.4) is 0 Å². The van der Waals surface area contributed by atoms with Crippen LogP contribution >= 0.6 is 15.9 Å². The van der Waals surface area contributed by atoms with Gasteiger partial charge in [0, 0.05) is 26.9 Å². The predicted molar refractivity (Wildman–Crippen MR) is 140 cm³/mol. The first kappa shape index (κ1) is 22.7. The molecule has 7 nitrogen and oxygen atoms in total. The van der Waals surface area contributed by atoms with E-state index in [4.69, 9.17) is 0 Å². The van der Waals surface area contributed by atoms with Crippen molar-refractivity contribution in [2.45, 2.75) is 20.8 Å². The van der Waals surface area contributed by atoms with Crippen LogP contribution in [0.2, 0.25) is 0 Å². The van der Waals surface area contributed by atoms with E-state index in [1.54, 1.807) is 30.3 Å². The molecule has 174 valence electrons. The van der Waals surface area contributed by atoms with Gasteiger partial charge in [0.15, 0.2) is 0 Å². The van der Waals surface area contributed by atoms with Crippen LogP contribution in [-0.2, 0) is 0 Å². The number of nitrogens with zero attached hydrogens (tertiary/aromatic N) is 2. The molecule has 0 aliphatic carbocycles. The van der Waals surface area contributed by atoms with E-state index in [1.165, 1.54) is 6.07 Å². The van der Waals surface area contributed by atoms with Crippen LogP contribution in [0.1, 0.15) is 37.4 Å². The molecule has 1 N–H and O–H groups in total. The summed E-state index contributed by atoms with van der Waals surface area (Å²) in [6.07, 6.45) is 0. The van der Waals surface area contributed by atoms with Crippen molar-refractivity contribution >= 4 is 61.3 Å². The molecule has 0 spiro atoms. The minimum Gasteiger partial charge on any atom is -0.348 e. The molecule has 0 saturated heterocycles. The van der Waals surface area contributed by atoms with E-state index in [2.05, 4.69) is 21.2 Å². The maximum Gasteiger partial charge on any atom is 0.294 e. The number of anilines is 3. The van der Waals surface area contributed by atoms with Gasteiger partial charge in [-0.25, -0.2) is 4.90 Å². The number of carbonyl (C=O) groups excluding carboxylic acids is 2. The van der Waals surface area contributed by atoms with Gasteiger partial charge in [0.25, 0.3) is 17.5 Å². The monoisotopic (exact) mass is 529 g/mol. The summed E-state index contributed by atoms with van der Waals surface area (Å²) in [5, 5.41) is 16.2. The van der Waals surface area contributed by atoms with Crippen LogP contribution in [0.5, 0.6) is 0 Å². The highest BCUT2D eigenvalue weighted by Gasteiger charge is 2.37. The van der Waals surface area contributed by atoms with Crippen molar-refractivity contribution < 1.29 is 14.5 Å². The van der Waals surface area contributed by atoms with E-state index in [9.17, 15) is 19.7 Å². The number of nitro groups is 1. The molecule has 0 aromatic heterocycles. The lowest BCUT2D eigenvalue weighted by atomic mass is 9.91. The molecule has 4 aromatic rings. The minimum absolute atomic E-state index is 0.120. The Labute approximate surface area is 209 Å². The molecule has 35 heavy (non-hydrogen) atoms. The molecular weight excluding hydrogens is 510 g/mol. The van der Waals surface area contributed by atoms with E-state index in [0.29, 0.717) is 27.7 Å². The Morgan fingerprint density at radius 2 is 1.54 bits per heavy atom. The smallest absolute Gasteiger partial charge is 0.294 e. The van der Waals surface area contributed by atoms with Crippen LogP contribution in [0.25, 0.3) is 10.8 Å². The highest BCUT2D eigenvalue weighted by molar-refractivity contribution is 9.10. The third kappa shape index (κ3) is 3.57. The summed E-state index contributed by atoms with van der Waals surface area (Å²) < 4.78 is 0.744. The molecule has 1 aliphatic rings. The second-order valence-corrected chi connectivity index (χ2v) is 9.43. The van der Waals surface area contributed by atoms with Crippen molar-refractivity contribution in [3.63, 3.8) is 0 Å². The fourth-order valence-electron chi connectivity index (χ4n) is 4.47. The summed E-state index contributed by atoms with van der Waals surface area (Å²) in [5.41, 5.74) is 4.35. The molecule has 0 atom stereocenters. The summed E-state index contributed by atoms with van der Waals surface area (Å²) >= 11 is 3.53. The van der Waals surface area contributed by atoms with Gasteiger partial charge in [0.2, 0.25) is 0 Å². The number of nitro benzene ring substituents is 1. The second-order valence-electron chi connectivity index (χ2n) is 8.58. The number of benzene rings is 4. The van der Waals surface area contributed by atoms with Gasteiger partial charge in [-0.1, -0.05) is 30.3 Å². The van der Waals surface area contributed by atoms with Crippen LogP contribution in [-0.4, -0.2) is 16.7 Å². The van der Waals surface area contributed by atoms with Gasteiger partial charge in [-0.2, -0.15) is 0 Å². The zero-order chi connectivity index (χ0) is 25.0. The molecule has 5 rings (SSSR count). The average Bonchev–Trinajstić information content (AvgIpc) is 2.82. The van der Waals surface area contributed by atoms with Crippen molar-refractivity contribution in [2.24, 2.45) is 0 Å². The zero-order valence-corrected chi connectivity index (χ0v) is 20.8. The third-order valence-electron chi connectivity index (χ3n) is 6.40. The van der Waals surface area contributed by atoms with E-state index < -0.39 is 16.7 Å². The number of carbonyl (C=O) groups is 2. The van der Waals surface area contributed by atoms with E-state index in [1.807, 2.05) is 45.0 Å². The number of hydrogen-bond donors (Lipinski definition) is 1. The number of nitrogens with one attached hydrogen (secondary N) is 1. The Hall–Kier alpha value is -4.04. The summed E-state index contributed by atoms with van der Waals surface area (Å²) in [7, 11) is 0. The SMILES string of the molecule is Cc1cc(Br)c(Nc2c([N+](=O)[O-])cc3c4c(cccc24)C(=O)N(c2ccccc2C)C3=O)cc1C. The lowest BCUT2D eigenvalue weighted by molar-refractivity contribution is -0.383. The molecule has 0 saturated carbocycles. The maximum atomic E-state index is 13.6. The van der Waals surface area contributed by atoms with Crippen molar-refractivity contribution in [1.29, 1.82) is 0 Å². The lowest BCUT2D eigenvalue weighted by Gasteiger charge is -2.29. The number of halogens is 1. The Kier molecular flexibility index (Phi) is 5.40. The summed E-state index contributed by atoms with van der Waals surface area (Å²) in [6.45, 7) is 5.74. The van der Waals surface area contributed by atoms with Gasteiger partial charge in [0.05, 0.1) is 21.9 Å². The first-order chi connectivity index (χ1) is 16.7. The molecule has 8 heteroatoms. The average molecular weight is 530 g/mol. The van der Waals surface area contributed by atoms with Gasteiger partial charge in [0.1, 0.15) is 5.69 Å². The normalized spacial score (nSPS) is 12.9. The molecule has 2 amide bonds.